The third kappa shape index (κ3) is 3.57. The number of halogens is 1. The van der Waals surface area contributed by atoms with Gasteiger partial charge in [-0.3, -0.25) is 4.79 Å². The second-order valence-electron chi connectivity index (χ2n) is 5.46. The Bertz CT molecular complexity index is 667. The Kier molecular flexibility index (Phi) is 4.29. The molecule has 0 saturated carbocycles. The van der Waals surface area contributed by atoms with Crippen molar-refractivity contribution in [3.63, 3.8) is 0 Å². The molecule has 3 rings (SSSR count). The molecule has 1 aliphatic heterocycles. The normalized spacial score (nSPS) is 14.5. The average Bonchev–Trinajstić information content (AvgIpc) is 2.45. The van der Waals surface area contributed by atoms with Crippen LogP contribution < -0.4 is 4.74 Å². The molecule has 0 atom stereocenters. The summed E-state index contributed by atoms with van der Waals surface area (Å²) in [5, 5.41) is 0.680. The zero-order valence-electron chi connectivity index (χ0n) is 12.3. The molecule has 2 aromatic rings. The number of pyridine rings is 1. The lowest BCUT2D eigenvalue weighted by molar-refractivity contribution is -0.139. The number of nitrogens with zero attached hydrogens (tertiary/aromatic N) is 2. The molecule has 5 heteroatoms. The Hall–Kier alpha value is -2.07. The van der Waals surface area contributed by atoms with E-state index in [9.17, 15) is 4.79 Å². The molecule has 22 heavy (non-hydrogen) atoms. The van der Waals surface area contributed by atoms with E-state index >= 15 is 0 Å². The Morgan fingerprint density at radius 2 is 2.00 bits per heavy atom. The minimum absolute atomic E-state index is 0.0310. The number of carbonyl (C=O) groups excluding carboxylic acids is 1. The summed E-state index contributed by atoms with van der Waals surface area (Å²) in [5.41, 5.74) is 1.90. The van der Waals surface area contributed by atoms with Crippen LogP contribution in [0.15, 0.2) is 42.5 Å². The fraction of sp³-hybridized carbons (Fsp3) is 0.294. The van der Waals surface area contributed by atoms with Crippen molar-refractivity contribution in [1.82, 2.24) is 9.88 Å². The number of benzene rings is 1. The zero-order chi connectivity index (χ0) is 15.5. The van der Waals surface area contributed by atoms with Crippen LogP contribution in [0.3, 0.4) is 0 Å². The van der Waals surface area contributed by atoms with Crippen LogP contribution in [-0.2, 0) is 11.2 Å². The lowest BCUT2D eigenvalue weighted by atomic mass is 10.1. The fourth-order valence-corrected chi connectivity index (χ4v) is 2.49. The van der Waals surface area contributed by atoms with Gasteiger partial charge in [0.2, 0.25) is 11.8 Å². The van der Waals surface area contributed by atoms with E-state index in [-0.39, 0.29) is 12.0 Å². The quantitative estimate of drug-likeness (QED) is 0.871. The topological polar surface area (TPSA) is 42.4 Å². The zero-order valence-corrected chi connectivity index (χ0v) is 13.1. The number of aromatic nitrogens is 1. The summed E-state index contributed by atoms with van der Waals surface area (Å²) in [5.74, 6) is 0.731. The first-order chi connectivity index (χ1) is 10.6. The van der Waals surface area contributed by atoms with Crippen LogP contribution in [0.25, 0.3) is 0 Å². The number of hydrogen-bond acceptors (Lipinski definition) is 3. The number of likely N-dealkylation sites (tertiary alicyclic amines) is 1. The van der Waals surface area contributed by atoms with Crippen molar-refractivity contribution in [3.05, 3.63) is 58.7 Å². The van der Waals surface area contributed by atoms with Crippen molar-refractivity contribution in [1.29, 1.82) is 0 Å². The van der Waals surface area contributed by atoms with Gasteiger partial charge in [0.1, 0.15) is 6.10 Å². The molecule has 4 nitrogen and oxygen atoms in total. The van der Waals surface area contributed by atoms with E-state index in [0.717, 1.165) is 11.3 Å². The maximum Gasteiger partial charge on any atom is 0.227 e. The predicted molar refractivity (Wildman–Crippen MR) is 85.1 cm³/mol. The van der Waals surface area contributed by atoms with Gasteiger partial charge >= 0.3 is 0 Å². The van der Waals surface area contributed by atoms with E-state index in [2.05, 4.69) is 4.98 Å². The largest absolute Gasteiger partial charge is 0.471 e. The molecule has 0 aliphatic carbocycles. The van der Waals surface area contributed by atoms with Gasteiger partial charge in [0.05, 0.1) is 19.5 Å². The van der Waals surface area contributed by atoms with E-state index in [1.54, 1.807) is 17.0 Å². The maximum absolute atomic E-state index is 12.2. The third-order valence-electron chi connectivity index (χ3n) is 3.62. The monoisotopic (exact) mass is 316 g/mol. The van der Waals surface area contributed by atoms with Gasteiger partial charge in [0.15, 0.2) is 0 Å². The molecule has 0 bridgehead atoms. The highest BCUT2D eigenvalue weighted by Gasteiger charge is 2.32. The maximum atomic E-state index is 12.2. The van der Waals surface area contributed by atoms with E-state index in [1.807, 2.05) is 37.3 Å². The number of amides is 1. The highest BCUT2D eigenvalue weighted by atomic mass is 35.5. The van der Waals surface area contributed by atoms with Gasteiger partial charge in [-0.2, -0.15) is 0 Å². The van der Waals surface area contributed by atoms with Gasteiger partial charge in [-0.1, -0.05) is 29.8 Å². The van der Waals surface area contributed by atoms with Gasteiger partial charge < -0.3 is 9.64 Å². The number of carbonyl (C=O) groups is 1. The minimum atomic E-state index is 0.0310. The number of rotatable bonds is 4. The third-order valence-corrected chi connectivity index (χ3v) is 3.87. The van der Waals surface area contributed by atoms with Crippen LogP contribution in [-0.4, -0.2) is 35.0 Å². The molecule has 1 fully saturated rings. The smallest absolute Gasteiger partial charge is 0.227 e. The molecular weight excluding hydrogens is 300 g/mol. The first kappa shape index (κ1) is 14.9. The summed E-state index contributed by atoms with van der Waals surface area (Å²) < 4.78 is 5.76. The second-order valence-corrected chi connectivity index (χ2v) is 5.90. The Labute approximate surface area is 134 Å². The first-order valence-corrected chi connectivity index (χ1v) is 7.60. The number of ether oxygens (including phenoxy) is 1. The molecule has 1 aromatic carbocycles. The van der Waals surface area contributed by atoms with Crippen LogP contribution in [0.4, 0.5) is 0 Å². The average molecular weight is 317 g/mol. The minimum Gasteiger partial charge on any atom is -0.471 e. The van der Waals surface area contributed by atoms with Crippen LogP contribution in [0.5, 0.6) is 5.88 Å². The van der Waals surface area contributed by atoms with Gasteiger partial charge in [-0.25, -0.2) is 4.98 Å². The lowest BCUT2D eigenvalue weighted by Gasteiger charge is -2.38. The SMILES string of the molecule is Cc1cccc(OC2CN(C(=O)Cc3ccc(Cl)cc3)C2)n1. The highest BCUT2D eigenvalue weighted by molar-refractivity contribution is 6.30. The van der Waals surface area contributed by atoms with Gasteiger partial charge in [-0.05, 0) is 30.7 Å². The van der Waals surface area contributed by atoms with Crippen molar-refractivity contribution in [2.24, 2.45) is 0 Å². The van der Waals surface area contributed by atoms with Gasteiger partial charge in [0, 0.05) is 16.8 Å². The molecule has 0 spiro atoms. The van der Waals surface area contributed by atoms with Crippen molar-refractivity contribution >= 4 is 17.5 Å². The van der Waals surface area contributed by atoms with E-state index in [1.165, 1.54) is 0 Å². The fourth-order valence-electron chi connectivity index (χ4n) is 2.36. The van der Waals surface area contributed by atoms with Crippen LogP contribution in [0.2, 0.25) is 5.02 Å². The van der Waals surface area contributed by atoms with Crippen LogP contribution in [0, 0.1) is 6.92 Å². The highest BCUT2D eigenvalue weighted by Crippen LogP contribution is 2.18. The summed E-state index contributed by atoms with van der Waals surface area (Å²) in [7, 11) is 0. The molecule has 1 saturated heterocycles. The van der Waals surface area contributed by atoms with Crippen molar-refractivity contribution in [3.8, 4) is 5.88 Å². The molecule has 0 N–H and O–H groups in total. The second kappa shape index (κ2) is 6.36. The van der Waals surface area contributed by atoms with Crippen molar-refractivity contribution in [2.45, 2.75) is 19.4 Å². The molecule has 1 aliphatic rings. The van der Waals surface area contributed by atoms with Crippen molar-refractivity contribution < 1.29 is 9.53 Å². The Morgan fingerprint density at radius 1 is 1.27 bits per heavy atom. The summed E-state index contributed by atoms with van der Waals surface area (Å²) in [6, 6.07) is 13.0. The molecule has 1 amide bonds. The van der Waals surface area contributed by atoms with E-state index in [0.29, 0.717) is 30.4 Å². The molecule has 1 aromatic heterocycles. The molecule has 0 radical (unpaired) electrons. The number of aryl methyl sites for hydroxylation is 1. The summed E-state index contributed by atoms with van der Waals surface area (Å²) >= 11 is 5.84. The van der Waals surface area contributed by atoms with Crippen molar-refractivity contribution in [2.75, 3.05) is 13.1 Å². The number of hydrogen-bond donors (Lipinski definition) is 0. The standard InChI is InChI=1S/C17H17ClN2O2/c1-12-3-2-4-16(19-12)22-15-10-20(11-15)17(21)9-13-5-7-14(18)8-6-13/h2-8,15H,9-11H2,1H3. The van der Waals surface area contributed by atoms with Gasteiger partial charge in [-0.15, -0.1) is 0 Å². The van der Waals surface area contributed by atoms with Gasteiger partial charge in [0.25, 0.3) is 0 Å². The molecule has 0 unspecified atom stereocenters. The molecule has 2 heterocycles. The van der Waals surface area contributed by atoms with Crippen LogP contribution in [0.1, 0.15) is 11.3 Å². The first-order valence-electron chi connectivity index (χ1n) is 7.23. The predicted octanol–water partition coefficient (Wildman–Crippen LogP) is 2.88. The molecule has 114 valence electrons. The van der Waals surface area contributed by atoms with E-state index < -0.39 is 0 Å². The Balaban J connectivity index is 1.48. The lowest BCUT2D eigenvalue weighted by Crippen LogP contribution is -2.56. The summed E-state index contributed by atoms with van der Waals surface area (Å²) in [6.45, 7) is 3.15. The molecular formula is C17H17ClN2O2. The summed E-state index contributed by atoms with van der Waals surface area (Å²) in [4.78, 5) is 18.3. The van der Waals surface area contributed by atoms with Crippen LogP contribution >= 0.6 is 11.6 Å². The van der Waals surface area contributed by atoms with E-state index in [4.69, 9.17) is 16.3 Å². The Morgan fingerprint density at radius 3 is 2.68 bits per heavy atom. The summed E-state index contributed by atoms with van der Waals surface area (Å²) in [6.07, 6.45) is 0.426.